The molecule has 0 radical (unpaired) electrons. The van der Waals surface area contributed by atoms with Crippen molar-refractivity contribution in [1.29, 1.82) is 0 Å². The van der Waals surface area contributed by atoms with Gasteiger partial charge in [-0.3, -0.25) is 9.59 Å². The molecule has 1 fully saturated rings. The molecule has 1 aromatic rings. The lowest BCUT2D eigenvalue weighted by Crippen LogP contribution is -2.35. The highest BCUT2D eigenvalue weighted by Crippen LogP contribution is 2.23. The smallest absolute Gasteiger partial charge is 0.309 e. The van der Waals surface area contributed by atoms with Crippen molar-refractivity contribution in [3.63, 3.8) is 0 Å². The van der Waals surface area contributed by atoms with E-state index in [1.165, 1.54) is 6.08 Å². The molecule has 2 atom stereocenters. The second-order valence-electron chi connectivity index (χ2n) is 6.38. The second kappa shape index (κ2) is 7.10. The fraction of sp³-hybridized carbons (Fsp3) is 0.412. The van der Waals surface area contributed by atoms with Gasteiger partial charge in [-0.05, 0) is 56.1 Å². The van der Waals surface area contributed by atoms with Crippen molar-refractivity contribution in [2.24, 2.45) is 0 Å². The molecule has 0 bridgehead atoms. The Labute approximate surface area is 137 Å². The minimum absolute atomic E-state index is 0.151. The minimum atomic E-state index is -1.79. The number of hydrogen-bond acceptors (Lipinski definition) is 5. The van der Waals surface area contributed by atoms with E-state index in [9.17, 15) is 9.59 Å². The maximum absolute atomic E-state index is 12.2. The van der Waals surface area contributed by atoms with Gasteiger partial charge in [-0.25, -0.2) is 0 Å². The summed E-state index contributed by atoms with van der Waals surface area (Å²) in [7, 11) is -0.216. The number of ketones is 1. The second-order valence-corrected chi connectivity index (χ2v) is 10.8. The van der Waals surface area contributed by atoms with Crippen LogP contribution in [0.1, 0.15) is 16.8 Å². The van der Waals surface area contributed by atoms with Crippen LogP contribution in [0.3, 0.4) is 0 Å². The molecule has 124 valence electrons. The molecule has 5 nitrogen and oxygen atoms in total. The number of cyclic esters (lactones) is 1. The van der Waals surface area contributed by atoms with Gasteiger partial charge in [-0.1, -0.05) is 0 Å². The molecule has 0 aliphatic carbocycles. The van der Waals surface area contributed by atoms with Crippen LogP contribution in [-0.2, 0) is 14.0 Å². The molecular formula is C17H22O5Si. The van der Waals surface area contributed by atoms with Crippen LogP contribution in [0.2, 0.25) is 19.6 Å². The van der Waals surface area contributed by atoms with Gasteiger partial charge in [0.15, 0.2) is 14.1 Å². The zero-order valence-corrected chi connectivity index (χ0v) is 14.9. The van der Waals surface area contributed by atoms with E-state index in [2.05, 4.69) is 19.6 Å². The lowest BCUT2D eigenvalue weighted by molar-refractivity contribution is -0.140. The number of ether oxygens (including phenoxy) is 2. The third-order valence-corrected chi connectivity index (χ3v) is 4.33. The van der Waals surface area contributed by atoms with Crippen LogP contribution < -0.4 is 4.74 Å². The van der Waals surface area contributed by atoms with Crippen LogP contribution in [-0.4, -0.2) is 39.4 Å². The van der Waals surface area contributed by atoms with Gasteiger partial charge in [0, 0.05) is 5.56 Å². The molecule has 1 heterocycles. The molecule has 1 saturated heterocycles. The lowest BCUT2D eigenvalue weighted by Gasteiger charge is -2.24. The van der Waals surface area contributed by atoms with Crippen LogP contribution in [0.15, 0.2) is 36.4 Å². The monoisotopic (exact) mass is 334 g/mol. The summed E-state index contributed by atoms with van der Waals surface area (Å²) >= 11 is 0. The van der Waals surface area contributed by atoms with E-state index in [1.807, 2.05) is 0 Å². The summed E-state index contributed by atoms with van der Waals surface area (Å²) in [6.07, 6.45) is 2.47. The van der Waals surface area contributed by atoms with Gasteiger partial charge in [-0.2, -0.15) is 0 Å². The molecule has 1 aliphatic heterocycles. The number of allylic oxidation sites excluding steroid dienone is 1. The lowest BCUT2D eigenvalue weighted by atomic mass is 10.1. The molecule has 1 aliphatic rings. The molecule has 0 unspecified atom stereocenters. The SMILES string of the molecule is COc1ccc(C(=O)/C=C/[C@H]2OC(=O)C[C@H]2O[Si](C)(C)C)cc1. The zero-order chi connectivity index (χ0) is 17.0. The van der Waals surface area contributed by atoms with E-state index >= 15 is 0 Å². The summed E-state index contributed by atoms with van der Waals surface area (Å²) < 4.78 is 16.3. The number of carbonyl (C=O) groups is 2. The minimum Gasteiger partial charge on any atom is -0.497 e. The van der Waals surface area contributed by atoms with Crippen LogP contribution in [0.5, 0.6) is 5.75 Å². The van der Waals surface area contributed by atoms with Gasteiger partial charge in [0.05, 0.1) is 19.6 Å². The number of methoxy groups -OCH3 is 1. The third kappa shape index (κ3) is 5.04. The average molecular weight is 334 g/mol. The van der Waals surface area contributed by atoms with E-state index in [1.54, 1.807) is 37.5 Å². The van der Waals surface area contributed by atoms with Crippen LogP contribution in [0.4, 0.5) is 0 Å². The van der Waals surface area contributed by atoms with Gasteiger partial charge in [0.25, 0.3) is 0 Å². The van der Waals surface area contributed by atoms with E-state index in [-0.39, 0.29) is 24.3 Å². The number of hydrogen-bond donors (Lipinski definition) is 0. The summed E-state index contributed by atoms with van der Waals surface area (Å²) in [5.41, 5.74) is 0.550. The molecule has 0 spiro atoms. The maximum Gasteiger partial charge on any atom is 0.309 e. The number of benzene rings is 1. The Morgan fingerprint density at radius 1 is 1.26 bits per heavy atom. The van der Waals surface area contributed by atoms with E-state index < -0.39 is 14.4 Å². The molecule has 0 N–H and O–H groups in total. The van der Waals surface area contributed by atoms with Gasteiger partial charge < -0.3 is 13.9 Å². The first kappa shape index (κ1) is 17.4. The molecule has 0 amide bonds. The zero-order valence-electron chi connectivity index (χ0n) is 13.9. The summed E-state index contributed by atoms with van der Waals surface area (Å²) in [4.78, 5) is 23.7. The Kier molecular flexibility index (Phi) is 5.38. The van der Waals surface area contributed by atoms with Gasteiger partial charge in [0.2, 0.25) is 0 Å². The first-order valence-electron chi connectivity index (χ1n) is 7.52. The van der Waals surface area contributed by atoms with Gasteiger partial charge >= 0.3 is 5.97 Å². The normalized spacial score (nSPS) is 21.5. The number of carbonyl (C=O) groups excluding carboxylic acids is 2. The number of esters is 1. The van der Waals surface area contributed by atoms with Crippen LogP contribution in [0.25, 0.3) is 0 Å². The average Bonchev–Trinajstić information content (AvgIpc) is 2.82. The van der Waals surface area contributed by atoms with Crippen molar-refractivity contribution in [2.75, 3.05) is 7.11 Å². The Balaban J connectivity index is 2.04. The standard InChI is InChI=1S/C17H22O5Si/c1-20-13-7-5-12(6-8-13)14(18)9-10-15-16(11-17(19)21-15)22-23(2,3)4/h5-10,15-16H,11H2,1-4H3/b10-9+/t15-,16-/m1/s1. The van der Waals surface area contributed by atoms with Crippen molar-refractivity contribution in [3.05, 3.63) is 42.0 Å². The Hall–Kier alpha value is -1.92. The Morgan fingerprint density at radius 2 is 1.91 bits per heavy atom. The van der Waals surface area contributed by atoms with Crippen molar-refractivity contribution in [1.82, 2.24) is 0 Å². The fourth-order valence-corrected chi connectivity index (χ4v) is 3.44. The summed E-state index contributed by atoms with van der Waals surface area (Å²) in [5, 5.41) is 0. The quantitative estimate of drug-likeness (QED) is 0.346. The van der Waals surface area contributed by atoms with Gasteiger partial charge in [-0.15, -0.1) is 0 Å². The molecule has 23 heavy (non-hydrogen) atoms. The van der Waals surface area contributed by atoms with Crippen LogP contribution >= 0.6 is 0 Å². The molecule has 2 rings (SSSR count). The maximum atomic E-state index is 12.2. The molecule has 0 saturated carbocycles. The third-order valence-electron chi connectivity index (χ3n) is 3.32. The first-order valence-corrected chi connectivity index (χ1v) is 10.9. The van der Waals surface area contributed by atoms with Crippen molar-refractivity contribution in [3.8, 4) is 5.75 Å². The van der Waals surface area contributed by atoms with Crippen molar-refractivity contribution in [2.45, 2.75) is 38.3 Å². The summed E-state index contributed by atoms with van der Waals surface area (Å²) in [5.74, 6) is 0.251. The molecule has 6 heteroatoms. The predicted molar refractivity (Wildman–Crippen MR) is 89.2 cm³/mol. The summed E-state index contributed by atoms with van der Waals surface area (Å²) in [6.45, 7) is 6.16. The largest absolute Gasteiger partial charge is 0.497 e. The molecule has 1 aromatic carbocycles. The molecular weight excluding hydrogens is 312 g/mol. The highest BCUT2D eigenvalue weighted by molar-refractivity contribution is 6.69. The number of rotatable bonds is 6. The highest BCUT2D eigenvalue weighted by Gasteiger charge is 2.36. The van der Waals surface area contributed by atoms with Crippen LogP contribution in [0, 0.1) is 0 Å². The first-order chi connectivity index (χ1) is 10.8. The summed E-state index contributed by atoms with van der Waals surface area (Å²) in [6, 6.07) is 6.85. The topological polar surface area (TPSA) is 61.8 Å². The van der Waals surface area contributed by atoms with E-state index in [0.717, 1.165) is 0 Å². The van der Waals surface area contributed by atoms with Crippen molar-refractivity contribution < 1.29 is 23.5 Å². The van der Waals surface area contributed by atoms with Gasteiger partial charge in [0.1, 0.15) is 11.9 Å². The van der Waals surface area contributed by atoms with E-state index in [4.69, 9.17) is 13.9 Å². The Morgan fingerprint density at radius 3 is 2.48 bits per heavy atom. The van der Waals surface area contributed by atoms with Crippen molar-refractivity contribution >= 4 is 20.1 Å². The Bertz CT molecular complexity index is 600. The fourth-order valence-electron chi connectivity index (χ4n) is 2.32. The highest BCUT2D eigenvalue weighted by atomic mass is 28.4. The van der Waals surface area contributed by atoms with E-state index in [0.29, 0.717) is 11.3 Å². The molecule has 0 aromatic heterocycles. The predicted octanol–water partition coefficient (Wildman–Crippen LogP) is 2.97.